The first kappa shape index (κ1) is 26.3. The van der Waals surface area contributed by atoms with Gasteiger partial charge in [0.25, 0.3) is 0 Å². The van der Waals surface area contributed by atoms with Gasteiger partial charge in [0.05, 0.1) is 39.6 Å². The number of carbonyl (C=O) groups excluding carboxylic acids is 1. The molecule has 0 unspecified atom stereocenters. The Morgan fingerprint density at radius 1 is 0.704 bits per heavy atom. The van der Waals surface area contributed by atoms with Gasteiger partial charge < -0.3 is 29.6 Å². The molecule has 0 fully saturated rings. The Hall–Kier alpha value is -0.730. The van der Waals surface area contributed by atoms with E-state index >= 15 is 0 Å². The maximum Gasteiger partial charge on any atom is 0.220 e. The summed E-state index contributed by atoms with van der Waals surface area (Å²) in [5.74, 6) is 0.508. The van der Waals surface area contributed by atoms with Crippen molar-refractivity contribution in [3.8, 4) is 0 Å². The Bertz CT molecular complexity index is 327. The molecule has 0 aromatic rings. The van der Waals surface area contributed by atoms with Gasteiger partial charge in [0, 0.05) is 32.2 Å². The van der Waals surface area contributed by atoms with Crippen molar-refractivity contribution in [2.75, 3.05) is 65.9 Å². The second kappa shape index (κ2) is 20.0. The van der Waals surface area contributed by atoms with Crippen LogP contribution < -0.4 is 10.6 Å². The summed E-state index contributed by atoms with van der Waals surface area (Å²) in [6.07, 6.45) is 2.42. The van der Waals surface area contributed by atoms with E-state index in [2.05, 4.69) is 24.5 Å². The van der Waals surface area contributed by atoms with Crippen LogP contribution in [0.4, 0.5) is 0 Å². The van der Waals surface area contributed by atoms with E-state index in [0.29, 0.717) is 71.2 Å². The van der Waals surface area contributed by atoms with Crippen molar-refractivity contribution in [2.45, 2.75) is 53.0 Å². The lowest BCUT2D eigenvalue weighted by atomic mass is 10.1. The lowest BCUT2D eigenvalue weighted by molar-refractivity contribution is -0.121. The van der Waals surface area contributed by atoms with Gasteiger partial charge in [-0.1, -0.05) is 27.7 Å². The minimum atomic E-state index is 0.113. The predicted octanol–water partition coefficient (Wildman–Crippen LogP) is 1.99. The zero-order valence-corrected chi connectivity index (χ0v) is 17.9. The maximum atomic E-state index is 11.4. The number of ether oxygens (including phenoxy) is 4. The van der Waals surface area contributed by atoms with Crippen LogP contribution in [0, 0.1) is 5.92 Å². The van der Waals surface area contributed by atoms with Crippen LogP contribution in [0.15, 0.2) is 0 Å². The SMILES string of the molecule is CC(C)CC(=O)NCCCOCCOCCOCCOCCCNC(C)C. The topological polar surface area (TPSA) is 78.1 Å². The monoisotopic (exact) mass is 390 g/mol. The lowest BCUT2D eigenvalue weighted by Gasteiger charge is -2.09. The Balaban J connectivity index is 3.08. The maximum absolute atomic E-state index is 11.4. The van der Waals surface area contributed by atoms with Crippen LogP contribution in [-0.2, 0) is 23.7 Å². The smallest absolute Gasteiger partial charge is 0.220 e. The quantitative estimate of drug-likeness (QED) is 0.310. The number of nitrogens with one attached hydrogen (secondary N) is 2. The molecule has 0 aromatic carbocycles. The highest BCUT2D eigenvalue weighted by Gasteiger charge is 2.03. The molecule has 0 aliphatic rings. The third-order valence-corrected chi connectivity index (χ3v) is 3.52. The summed E-state index contributed by atoms with van der Waals surface area (Å²) in [4.78, 5) is 11.4. The molecule has 0 aromatic heterocycles. The van der Waals surface area contributed by atoms with E-state index in [1.54, 1.807) is 0 Å². The van der Waals surface area contributed by atoms with E-state index in [0.717, 1.165) is 26.0 Å². The Kier molecular flexibility index (Phi) is 19.5. The second-order valence-corrected chi connectivity index (χ2v) is 7.21. The van der Waals surface area contributed by atoms with E-state index in [1.807, 2.05) is 13.8 Å². The highest BCUT2D eigenvalue weighted by Crippen LogP contribution is 1.97. The van der Waals surface area contributed by atoms with Crippen LogP contribution in [0.1, 0.15) is 47.0 Å². The molecule has 0 atom stereocenters. The van der Waals surface area contributed by atoms with E-state index in [4.69, 9.17) is 18.9 Å². The van der Waals surface area contributed by atoms with Gasteiger partial charge in [-0.25, -0.2) is 0 Å². The highest BCUT2D eigenvalue weighted by atomic mass is 16.6. The zero-order valence-electron chi connectivity index (χ0n) is 17.9. The highest BCUT2D eigenvalue weighted by molar-refractivity contribution is 5.75. The van der Waals surface area contributed by atoms with Crippen molar-refractivity contribution >= 4 is 5.91 Å². The van der Waals surface area contributed by atoms with Crippen molar-refractivity contribution in [3.05, 3.63) is 0 Å². The van der Waals surface area contributed by atoms with E-state index in [9.17, 15) is 4.79 Å². The number of carbonyl (C=O) groups is 1. The standard InChI is InChI=1S/C20H42N2O5/c1-18(2)17-20(23)22-8-6-10-25-12-14-27-16-15-26-13-11-24-9-5-7-21-19(3)4/h18-19,21H,5-17H2,1-4H3,(H,22,23). The van der Waals surface area contributed by atoms with Gasteiger partial charge >= 0.3 is 0 Å². The average Bonchev–Trinajstić information content (AvgIpc) is 2.59. The summed E-state index contributed by atoms with van der Waals surface area (Å²) in [6.45, 7) is 14.9. The minimum absolute atomic E-state index is 0.113. The first-order chi connectivity index (χ1) is 13.0. The number of hydrogen-bond acceptors (Lipinski definition) is 6. The molecule has 0 spiro atoms. The molecule has 0 rings (SSSR count). The first-order valence-corrected chi connectivity index (χ1v) is 10.3. The molecular weight excluding hydrogens is 348 g/mol. The van der Waals surface area contributed by atoms with Crippen LogP contribution in [0.3, 0.4) is 0 Å². The molecule has 27 heavy (non-hydrogen) atoms. The first-order valence-electron chi connectivity index (χ1n) is 10.3. The number of rotatable bonds is 20. The second-order valence-electron chi connectivity index (χ2n) is 7.21. The van der Waals surface area contributed by atoms with Gasteiger partial charge in [-0.05, 0) is 25.3 Å². The normalized spacial score (nSPS) is 11.5. The Morgan fingerprint density at radius 2 is 1.15 bits per heavy atom. The van der Waals surface area contributed by atoms with Crippen molar-refractivity contribution < 1.29 is 23.7 Å². The summed E-state index contributed by atoms with van der Waals surface area (Å²) in [6, 6.07) is 0.529. The molecule has 7 nitrogen and oxygen atoms in total. The van der Waals surface area contributed by atoms with Crippen LogP contribution in [0.5, 0.6) is 0 Å². The number of hydrogen-bond donors (Lipinski definition) is 2. The Morgan fingerprint density at radius 3 is 1.59 bits per heavy atom. The van der Waals surface area contributed by atoms with Crippen LogP contribution in [0.2, 0.25) is 0 Å². The van der Waals surface area contributed by atoms with Gasteiger partial charge in [0.1, 0.15) is 0 Å². The summed E-state index contributed by atoms with van der Waals surface area (Å²) in [5.41, 5.74) is 0. The van der Waals surface area contributed by atoms with Crippen molar-refractivity contribution in [3.63, 3.8) is 0 Å². The fraction of sp³-hybridized carbons (Fsp3) is 0.950. The van der Waals surface area contributed by atoms with E-state index in [1.165, 1.54) is 0 Å². The Labute approximate surface area is 165 Å². The van der Waals surface area contributed by atoms with Gasteiger partial charge in [-0.3, -0.25) is 4.79 Å². The molecule has 7 heteroatoms. The molecule has 0 aliphatic heterocycles. The molecule has 0 saturated carbocycles. The van der Waals surface area contributed by atoms with Crippen LogP contribution >= 0.6 is 0 Å². The zero-order chi connectivity index (χ0) is 20.2. The molecule has 0 heterocycles. The number of amides is 1. The third-order valence-electron chi connectivity index (χ3n) is 3.52. The van der Waals surface area contributed by atoms with Gasteiger partial charge in [-0.2, -0.15) is 0 Å². The molecular formula is C20H42N2O5. The van der Waals surface area contributed by atoms with Gasteiger partial charge in [0.2, 0.25) is 5.91 Å². The predicted molar refractivity (Wildman–Crippen MR) is 108 cm³/mol. The average molecular weight is 391 g/mol. The molecule has 0 bridgehead atoms. The summed E-state index contributed by atoms with van der Waals surface area (Å²) in [7, 11) is 0. The minimum Gasteiger partial charge on any atom is -0.379 e. The fourth-order valence-corrected chi connectivity index (χ4v) is 2.17. The molecule has 1 amide bonds. The molecule has 0 radical (unpaired) electrons. The summed E-state index contributed by atoms with van der Waals surface area (Å²) >= 11 is 0. The largest absolute Gasteiger partial charge is 0.379 e. The fourth-order valence-electron chi connectivity index (χ4n) is 2.17. The molecule has 0 saturated heterocycles. The molecule has 0 aliphatic carbocycles. The molecule has 162 valence electrons. The van der Waals surface area contributed by atoms with Gasteiger partial charge in [-0.15, -0.1) is 0 Å². The summed E-state index contributed by atoms with van der Waals surface area (Å²) < 4.78 is 21.8. The van der Waals surface area contributed by atoms with E-state index < -0.39 is 0 Å². The third kappa shape index (κ3) is 23.2. The summed E-state index contributed by atoms with van der Waals surface area (Å²) in [5, 5.41) is 6.24. The lowest BCUT2D eigenvalue weighted by Crippen LogP contribution is -2.26. The van der Waals surface area contributed by atoms with Crippen LogP contribution in [-0.4, -0.2) is 77.9 Å². The van der Waals surface area contributed by atoms with Crippen molar-refractivity contribution in [1.29, 1.82) is 0 Å². The van der Waals surface area contributed by atoms with Gasteiger partial charge in [0.15, 0.2) is 0 Å². The van der Waals surface area contributed by atoms with Crippen LogP contribution in [0.25, 0.3) is 0 Å². The van der Waals surface area contributed by atoms with Crippen molar-refractivity contribution in [2.24, 2.45) is 5.92 Å². The van der Waals surface area contributed by atoms with E-state index in [-0.39, 0.29) is 5.91 Å². The van der Waals surface area contributed by atoms with Crippen molar-refractivity contribution in [1.82, 2.24) is 10.6 Å². The molecule has 2 N–H and O–H groups in total.